The highest BCUT2D eigenvalue weighted by atomic mass is 32.1. The summed E-state index contributed by atoms with van der Waals surface area (Å²) in [5.41, 5.74) is 1.66. The minimum Gasteiger partial charge on any atom is -0.437 e. The molecule has 1 saturated heterocycles. The summed E-state index contributed by atoms with van der Waals surface area (Å²) in [6.45, 7) is 9.66. The van der Waals surface area contributed by atoms with Crippen molar-refractivity contribution in [2.75, 3.05) is 13.1 Å². The van der Waals surface area contributed by atoms with E-state index in [4.69, 9.17) is 14.7 Å². The number of fused-ring (bicyclic) bond motifs is 1. The van der Waals surface area contributed by atoms with Crippen LogP contribution in [0.5, 0.6) is 11.6 Å². The SMILES string of the molecule is Cc1sc2nc(C[NH+]3CCC(C)CC3)nc(Oc3ccccc3C#N)c2c1C. The summed E-state index contributed by atoms with van der Waals surface area (Å²) < 4.78 is 6.18. The number of aryl methyl sites for hydroxylation is 2. The molecule has 0 atom stereocenters. The molecule has 0 radical (unpaired) electrons. The maximum absolute atomic E-state index is 9.40. The van der Waals surface area contributed by atoms with Crippen LogP contribution in [0.25, 0.3) is 10.2 Å². The molecule has 3 aromatic rings. The molecule has 144 valence electrons. The van der Waals surface area contributed by atoms with E-state index in [1.54, 1.807) is 17.4 Å². The Hall–Kier alpha value is -2.49. The molecule has 5 nitrogen and oxygen atoms in total. The fourth-order valence-electron chi connectivity index (χ4n) is 3.73. The molecule has 3 heterocycles. The van der Waals surface area contributed by atoms with Crippen LogP contribution in [-0.2, 0) is 6.54 Å². The molecule has 0 aliphatic carbocycles. The van der Waals surface area contributed by atoms with Gasteiger partial charge in [0.05, 0.1) is 24.0 Å². The number of ether oxygens (including phenoxy) is 1. The minimum atomic E-state index is 0.510. The maximum atomic E-state index is 9.40. The third-order valence-electron chi connectivity index (χ3n) is 5.65. The largest absolute Gasteiger partial charge is 0.437 e. The predicted molar refractivity (Wildman–Crippen MR) is 111 cm³/mol. The van der Waals surface area contributed by atoms with Crippen molar-refractivity contribution in [2.24, 2.45) is 5.92 Å². The van der Waals surface area contributed by atoms with E-state index < -0.39 is 0 Å². The molecule has 1 N–H and O–H groups in total. The van der Waals surface area contributed by atoms with Crippen molar-refractivity contribution in [3.05, 3.63) is 46.1 Å². The predicted octanol–water partition coefficient (Wildman–Crippen LogP) is 3.79. The smallest absolute Gasteiger partial charge is 0.231 e. The number of quaternary nitrogens is 1. The van der Waals surface area contributed by atoms with Gasteiger partial charge in [-0.2, -0.15) is 10.2 Å². The highest BCUT2D eigenvalue weighted by Gasteiger charge is 2.23. The Bertz CT molecular complexity index is 1040. The van der Waals surface area contributed by atoms with Gasteiger partial charge in [-0.15, -0.1) is 11.3 Å². The van der Waals surface area contributed by atoms with Gasteiger partial charge in [0.25, 0.3) is 0 Å². The van der Waals surface area contributed by atoms with Crippen LogP contribution in [0, 0.1) is 31.1 Å². The van der Waals surface area contributed by atoms with Gasteiger partial charge in [0.15, 0.2) is 5.82 Å². The minimum absolute atomic E-state index is 0.510. The molecule has 6 heteroatoms. The average molecular weight is 394 g/mol. The van der Waals surface area contributed by atoms with Crippen molar-refractivity contribution >= 4 is 21.6 Å². The lowest BCUT2D eigenvalue weighted by Gasteiger charge is -2.26. The highest BCUT2D eigenvalue weighted by molar-refractivity contribution is 7.18. The summed E-state index contributed by atoms with van der Waals surface area (Å²) in [4.78, 5) is 13.4. The van der Waals surface area contributed by atoms with Crippen molar-refractivity contribution in [3.8, 4) is 17.7 Å². The van der Waals surface area contributed by atoms with E-state index in [1.807, 2.05) is 18.2 Å². The second kappa shape index (κ2) is 7.86. The number of aromatic nitrogens is 2. The standard InChI is InChI=1S/C22H24N4OS/c1-14-8-10-26(11-9-14)13-19-24-21(20-15(2)16(3)28-22(20)25-19)27-18-7-5-4-6-17(18)12-23/h4-7,14H,8-11,13H2,1-3H3/p+1. The molecule has 0 unspecified atom stereocenters. The molecule has 1 aliphatic heterocycles. The van der Waals surface area contributed by atoms with Crippen LogP contribution in [0.15, 0.2) is 24.3 Å². The van der Waals surface area contributed by atoms with E-state index in [-0.39, 0.29) is 0 Å². The van der Waals surface area contributed by atoms with E-state index in [1.165, 1.54) is 35.7 Å². The molecule has 1 aliphatic rings. The van der Waals surface area contributed by atoms with Crippen molar-refractivity contribution in [3.63, 3.8) is 0 Å². The molecule has 4 rings (SSSR count). The molecule has 2 aromatic heterocycles. The van der Waals surface area contributed by atoms with Crippen LogP contribution in [0.3, 0.4) is 0 Å². The summed E-state index contributed by atoms with van der Waals surface area (Å²) in [5.74, 6) is 2.74. The Morgan fingerprint density at radius 2 is 1.96 bits per heavy atom. The van der Waals surface area contributed by atoms with Crippen molar-refractivity contribution in [1.82, 2.24) is 9.97 Å². The van der Waals surface area contributed by atoms with Gasteiger partial charge < -0.3 is 9.64 Å². The molecule has 1 fully saturated rings. The zero-order valence-electron chi connectivity index (χ0n) is 16.6. The van der Waals surface area contributed by atoms with E-state index in [0.717, 1.165) is 34.1 Å². The highest BCUT2D eigenvalue weighted by Crippen LogP contribution is 2.37. The van der Waals surface area contributed by atoms with Gasteiger partial charge in [-0.1, -0.05) is 19.1 Å². The van der Waals surface area contributed by atoms with E-state index in [9.17, 15) is 5.26 Å². The van der Waals surface area contributed by atoms with Gasteiger partial charge in [-0.25, -0.2) is 4.98 Å². The number of piperidine rings is 1. The lowest BCUT2D eigenvalue weighted by Crippen LogP contribution is -3.11. The number of rotatable bonds is 4. The molecule has 0 bridgehead atoms. The third kappa shape index (κ3) is 3.73. The van der Waals surface area contributed by atoms with Gasteiger partial charge >= 0.3 is 0 Å². The van der Waals surface area contributed by atoms with Crippen LogP contribution in [0.4, 0.5) is 0 Å². The number of nitriles is 1. The molecule has 1 aromatic carbocycles. The molecule has 0 saturated carbocycles. The summed E-state index contributed by atoms with van der Waals surface area (Å²) >= 11 is 1.68. The van der Waals surface area contributed by atoms with E-state index in [2.05, 4.69) is 26.8 Å². The zero-order valence-corrected chi connectivity index (χ0v) is 17.4. The first-order chi connectivity index (χ1) is 13.5. The fourth-order valence-corrected chi connectivity index (χ4v) is 4.77. The van der Waals surface area contributed by atoms with Crippen molar-refractivity contribution in [1.29, 1.82) is 5.26 Å². The average Bonchev–Trinajstić information content (AvgIpc) is 2.98. The van der Waals surface area contributed by atoms with Crippen LogP contribution in [-0.4, -0.2) is 23.1 Å². The first kappa shape index (κ1) is 18.9. The number of nitrogens with zero attached hydrogens (tertiary/aromatic N) is 3. The molecule has 28 heavy (non-hydrogen) atoms. The number of nitrogens with one attached hydrogen (secondary N) is 1. The Labute approximate surface area is 169 Å². The van der Waals surface area contributed by atoms with E-state index in [0.29, 0.717) is 17.2 Å². The second-order valence-electron chi connectivity index (χ2n) is 7.73. The summed E-state index contributed by atoms with van der Waals surface area (Å²) in [7, 11) is 0. The number of hydrogen-bond donors (Lipinski definition) is 1. The number of benzene rings is 1. The van der Waals surface area contributed by atoms with Crippen molar-refractivity contribution < 1.29 is 9.64 Å². The van der Waals surface area contributed by atoms with Gasteiger partial charge in [-0.05, 0) is 50.3 Å². The lowest BCUT2D eigenvalue weighted by molar-refractivity contribution is -0.920. The summed E-state index contributed by atoms with van der Waals surface area (Å²) in [6, 6.07) is 9.49. The number of thiophene rings is 1. The first-order valence-electron chi connectivity index (χ1n) is 9.82. The van der Waals surface area contributed by atoms with Gasteiger partial charge in [0.1, 0.15) is 23.2 Å². The Balaban J connectivity index is 1.72. The molecule has 0 spiro atoms. The second-order valence-corrected chi connectivity index (χ2v) is 8.93. The van der Waals surface area contributed by atoms with Gasteiger partial charge in [0, 0.05) is 4.88 Å². The monoisotopic (exact) mass is 393 g/mol. The van der Waals surface area contributed by atoms with Crippen molar-refractivity contribution in [2.45, 2.75) is 40.2 Å². The maximum Gasteiger partial charge on any atom is 0.231 e. The Morgan fingerprint density at radius 1 is 1.21 bits per heavy atom. The Kier molecular flexibility index (Phi) is 5.29. The first-order valence-corrected chi connectivity index (χ1v) is 10.6. The van der Waals surface area contributed by atoms with E-state index >= 15 is 0 Å². The number of hydrogen-bond acceptors (Lipinski definition) is 5. The van der Waals surface area contributed by atoms with Crippen LogP contribution < -0.4 is 9.64 Å². The fraction of sp³-hybridized carbons (Fsp3) is 0.409. The number of para-hydroxylation sites is 1. The lowest BCUT2D eigenvalue weighted by atomic mass is 9.99. The molecular formula is C22H25N4OS+. The van der Waals surface area contributed by atoms with Gasteiger partial charge in [0.2, 0.25) is 5.88 Å². The van der Waals surface area contributed by atoms with Crippen LogP contribution >= 0.6 is 11.3 Å². The molecular weight excluding hydrogens is 368 g/mol. The summed E-state index contributed by atoms with van der Waals surface area (Å²) in [6.07, 6.45) is 2.52. The normalized spacial score (nSPS) is 19.5. The van der Waals surface area contributed by atoms with Crippen LogP contribution in [0.1, 0.15) is 41.6 Å². The molecule has 0 amide bonds. The quantitative estimate of drug-likeness (QED) is 0.733. The zero-order chi connectivity index (χ0) is 19.7. The van der Waals surface area contributed by atoms with Gasteiger partial charge in [-0.3, -0.25) is 0 Å². The summed E-state index contributed by atoms with van der Waals surface area (Å²) in [5, 5.41) is 10.4. The topological polar surface area (TPSA) is 63.2 Å². The number of likely N-dealkylation sites (tertiary alicyclic amines) is 1. The van der Waals surface area contributed by atoms with Crippen LogP contribution in [0.2, 0.25) is 0 Å². The Morgan fingerprint density at radius 3 is 2.71 bits per heavy atom. The third-order valence-corrected chi connectivity index (χ3v) is 6.75.